The minimum atomic E-state index is -1.19. The molecule has 0 spiro atoms. The molecular formula is C67H44N6O14. The van der Waals surface area contributed by atoms with Gasteiger partial charge in [0.1, 0.15) is 13.2 Å². The summed E-state index contributed by atoms with van der Waals surface area (Å²) >= 11 is 0. The number of nitrogens with zero attached hydrogens (tertiary/aromatic N) is 6. The Morgan fingerprint density at radius 2 is 0.736 bits per heavy atom. The van der Waals surface area contributed by atoms with Crippen LogP contribution in [-0.2, 0) is 18.0 Å². The number of carboxylic acid groups (broad SMARTS) is 3. The third kappa shape index (κ3) is 12.0. The maximum atomic E-state index is 13.1. The van der Waals surface area contributed by atoms with E-state index in [2.05, 4.69) is 9.97 Å². The highest BCUT2D eigenvalue weighted by Gasteiger charge is 2.38. The van der Waals surface area contributed by atoms with Crippen molar-refractivity contribution in [2.24, 2.45) is 0 Å². The third-order valence-electron chi connectivity index (χ3n) is 13.9. The van der Waals surface area contributed by atoms with E-state index in [0.29, 0.717) is 62.9 Å². The molecule has 87 heavy (non-hydrogen) atoms. The third-order valence-corrected chi connectivity index (χ3v) is 13.9. The van der Waals surface area contributed by atoms with Crippen LogP contribution in [-0.4, -0.2) is 89.9 Å². The first-order valence-corrected chi connectivity index (χ1v) is 26.5. The van der Waals surface area contributed by atoms with Crippen LogP contribution in [0.15, 0.2) is 206 Å². The summed E-state index contributed by atoms with van der Waals surface area (Å²) in [5.41, 5.74) is 7.05. The molecule has 0 aliphatic carbocycles. The van der Waals surface area contributed by atoms with Gasteiger partial charge in [0.2, 0.25) is 11.8 Å². The zero-order valence-corrected chi connectivity index (χ0v) is 45.6. The van der Waals surface area contributed by atoms with Crippen LogP contribution in [0.4, 0.5) is 11.4 Å². The summed E-state index contributed by atoms with van der Waals surface area (Å²) in [6, 6.07) is 56.4. The van der Waals surface area contributed by atoms with Crippen LogP contribution in [0.25, 0.3) is 45.3 Å². The fourth-order valence-electron chi connectivity index (χ4n) is 9.42. The Bertz CT molecular complexity index is 4390. The van der Waals surface area contributed by atoms with Gasteiger partial charge in [0.25, 0.3) is 23.6 Å². The SMILES string of the molecule is COC(=O)c1ccc(COc2cc(-c3ccc(N4C(=O)c5ccc(C(=O)O)cc5C4=O)cc3)nc(-c3ccccc3)n2)cc1.O=C(O)c1ccc(COc2cc(-c3ccc(N4C(=O)c5ccc(C(=O)O)cc5C4=O)cc3)nc(-c3ccccc3)n2)cc1. The highest BCUT2D eigenvalue weighted by Crippen LogP contribution is 2.35. The lowest BCUT2D eigenvalue weighted by molar-refractivity contribution is 0.0597. The van der Waals surface area contributed by atoms with E-state index in [0.717, 1.165) is 32.1 Å². The number of hydrogen-bond acceptors (Lipinski definition) is 15. The van der Waals surface area contributed by atoms with Crippen molar-refractivity contribution >= 4 is 58.9 Å². The molecule has 2 aromatic heterocycles. The number of carboxylic acids is 3. The topological polar surface area (TPSA) is 283 Å². The maximum absolute atomic E-state index is 13.1. The summed E-state index contributed by atoms with van der Waals surface area (Å²) in [7, 11) is 1.33. The molecule has 2 aliphatic rings. The summed E-state index contributed by atoms with van der Waals surface area (Å²) in [6.07, 6.45) is 0. The number of amides is 4. The lowest BCUT2D eigenvalue weighted by Gasteiger charge is -2.15. The highest BCUT2D eigenvalue weighted by atomic mass is 16.5. The second-order valence-electron chi connectivity index (χ2n) is 19.4. The van der Waals surface area contributed by atoms with Crippen molar-refractivity contribution in [1.29, 1.82) is 0 Å². The summed E-state index contributed by atoms with van der Waals surface area (Å²) in [6.45, 7) is 0.335. The normalized spacial score (nSPS) is 12.2. The number of hydrogen-bond donors (Lipinski definition) is 3. The van der Waals surface area contributed by atoms with E-state index in [1.807, 2.05) is 60.7 Å². The standard InChI is InChI=1S/C34H23N3O7.C33H21N3O7/c1-43-34(42)23-9-7-20(8-10-23)19-44-29-18-28(35-30(36-29)22-5-3-2-4-6-22)21-11-14-25(15-12-21)37-31(38)26-16-13-24(33(40)41)17-27(26)32(37)39;37-30-25-15-12-23(33(41)42)16-26(25)31(38)36(30)24-13-10-20(11-14-24)27-17-28(35-29(34-27)21-4-2-1-3-5-21)43-18-19-6-8-22(9-7-19)32(39)40/h2-18H,19H2,1H3,(H,40,41);1-17H,18H2,(H,39,40)(H,41,42). The van der Waals surface area contributed by atoms with Crippen LogP contribution in [0, 0.1) is 0 Å². The van der Waals surface area contributed by atoms with Gasteiger partial charge in [-0.25, -0.2) is 38.9 Å². The molecule has 4 amide bonds. The molecule has 426 valence electrons. The molecule has 4 heterocycles. The van der Waals surface area contributed by atoms with Crippen LogP contribution in [0.1, 0.15) is 94.0 Å². The molecule has 20 nitrogen and oxygen atoms in total. The van der Waals surface area contributed by atoms with Gasteiger partial charge < -0.3 is 29.5 Å². The molecule has 0 fully saturated rings. The molecule has 0 atom stereocenters. The minimum absolute atomic E-state index is 0.0386. The van der Waals surface area contributed by atoms with Crippen LogP contribution in [0.3, 0.4) is 0 Å². The molecule has 0 bridgehead atoms. The fourth-order valence-corrected chi connectivity index (χ4v) is 9.42. The Morgan fingerprint density at radius 1 is 0.379 bits per heavy atom. The van der Waals surface area contributed by atoms with E-state index < -0.39 is 47.5 Å². The molecule has 2 aliphatic heterocycles. The van der Waals surface area contributed by atoms with Gasteiger partial charge in [0.05, 0.1) is 74.4 Å². The molecule has 20 heteroatoms. The number of imide groups is 2. The van der Waals surface area contributed by atoms with Gasteiger partial charge in [0, 0.05) is 34.4 Å². The first-order valence-electron chi connectivity index (χ1n) is 26.5. The van der Waals surface area contributed by atoms with Crippen LogP contribution in [0.2, 0.25) is 0 Å². The number of aromatic nitrogens is 4. The van der Waals surface area contributed by atoms with Gasteiger partial charge in [-0.3, -0.25) is 19.2 Å². The number of rotatable bonds is 16. The zero-order valence-electron chi connectivity index (χ0n) is 45.6. The van der Waals surface area contributed by atoms with E-state index in [-0.39, 0.29) is 52.2 Å². The van der Waals surface area contributed by atoms with Crippen molar-refractivity contribution in [3.63, 3.8) is 0 Å². The Labute approximate surface area is 493 Å². The average molecular weight is 1160 g/mol. The van der Waals surface area contributed by atoms with Gasteiger partial charge in [0.15, 0.2) is 11.6 Å². The number of ether oxygens (including phenoxy) is 3. The molecule has 10 aromatic rings. The molecular weight excluding hydrogens is 1110 g/mol. The minimum Gasteiger partial charge on any atom is -0.478 e. The lowest BCUT2D eigenvalue weighted by Crippen LogP contribution is -2.29. The molecule has 0 saturated heterocycles. The monoisotopic (exact) mass is 1160 g/mol. The number of esters is 1. The van der Waals surface area contributed by atoms with Gasteiger partial charge in [-0.05, 0) is 96.1 Å². The second kappa shape index (κ2) is 24.3. The number of anilines is 2. The largest absolute Gasteiger partial charge is 0.478 e. The van der Waals surface area contributed by atoms with Gasteiger partial charge >= 0.3 is 23.9 Å². The van der Waals surface area contributed by atoms with Crippen molar-refractivity contribution in [3.8, 4) is 57.1 Å². The predicted octanol–water partition coefficient (Wildman–Crippen LogP) is 11.3. The average Bonchev–Trinajstić information content (AvgIpc) is 1.98. The molecule has 0 radical (unpaired) electrons. The first-order chi connectivity index (χ1) is 42.1. The second-order valence-corrected chi connectivity index (χ2v) is 19.4. The number of methoxy groups -OCH3 is 1. The number of benzene rings is 8. The van der Waals surface area contributed by atoms with Crippen LogP contribution in [0.5, 0.6) is 11.8 Å². The molecule has 12 rings (SSSR count). The van der Waals surface area contributed by atoms with Crippen molar-refractivity contribution in [1.82, 2.24) is 19.9 Å². The molecule has 8 aromatic carbocycles. The zero-order chi connectivity index (χ0) is 60.9. The highest BCUT2D eigenvalue weighted by molar-refractivity contribution is 6.35. The van der Waals surface area contributed by atoms with E-state index >= 15 is 0 Å². The Kier molecular flexibility index (Phi) is 15.8. The molecule has 3 N–H and O–H groups in total. The van der Waals surface area contributed by atoms with Gasteiger partial charge in [-0.15, -0.1) is 0 Å². The Morgan fingerprint density at radius 3 is 1.10 bits per heavy atom. The van der Waals surface area contributed by atoms with Crippen LogP contribution < -0.4 is 19.3 Å². The maximum Gasteiger partial charge on any atom is 0.337 e. The van der Waals surface area contributed by atoms with Crippen molar-refractivity contribution in [2.75, 3.05) is 16.9 Å². The summed E-state index contributed by atoms with van der Waals surface area (Å²) < 4.78 is 16.8. The van der Waals surface area contributed by atoms with E-state index in [4.69, 9.17) is 29.3 Å². The summed E-state index contributed by atoms with van der Waals surface area (Å²) in [5, 5.41) is 27.7. The van der Waals surface area contributed by atoms with Crippen molar-refractivity contribution < 1.29 is 67.9 Å². The van der Waals surface area contributed by atoms with E-state index in [9.17, 15) is 48.6 Å². The lowest BCUT2D eigenvalue weighted by atomic mass is 10.1. The van der Waals surface area contributed by atoms with E-state index in [1.165, 1.54) is 55.6 Å². The Balaban J connectivity index is 0.000000180. The molecule has 0 unspecified atom stereocenters. The fraction of sp³-hybridized carbons (Fsp3) is 0.0448. The number of fused-ring (bicyclic) bond motifs is 2. The summed E-state index contributed by atoms with van der Waals surface area (Å²) in [4.78, 5) is 118. The van der Waals surface area contributed by atoms with Crippen molar-refractivity contribution in [2.45, 2.75) is 13.2 Å². The number of aromatic carboxylic acids is 3. The number of carbonyl (C=O) groups is 8. The van der Waals surface area contributed by atoms with Gasteiger partial charge in [-0.1, -0.05) is 109 Å². The smallest absolute Gasteiger partial charge is 0.337 e. The Hall–Kier alpha value is -12.3. The number of carbonyl (C=O) groups excluding carboxylic acids is 5. The van der Waals surface area contributed by atoms with Crippen LogP contribution >= 0.6 is 0 Å². The van der Waals surface area contributed by atoms with Crippen molar-refractivity contribution in [3.05, 3.63) is 262 Å². The quantitative estimate of drug-likeness (QED) is 0.0598. The summed E-state index contributed by atoms with van der Waals surface area (Å²) in [5.74, 6) is -4.58. The molecule has 0 saturated carbocycles. The van der Waals surface area contributed by atoms with E-state index in [1.54, 1.807) is 97.1 Å². The van der Waals surface area contributed by atoms with Gasteiger partial charge in [-0.2, -0.15) is 9.97 Å². The first kappa shape index (κ1) is 56.5. The predicted molar refractivity (Wildman–Crippen MR) is 315 cm³/mol.